The van der Waals surface area contributed by atoms with Gasteiger partial charge in [-0.3, -0.25) is 0 Å². The van der Waals surface area contributed by atoms with Crippen LogP contribution in [0.15, 0.2) is 47.5 Å². The Labute approximate surface area is 152 Å². The largest absolute Gasteiger partial charge is 0.497 e. The number of nitrogens with zero attached hydrogens (tertiary/aromatic N) is 4. The Morgan fingerprint density at radius 3 is 2.65 bits per heavy atom. The molecule has 0 radical (unpaired) electrons. The summed E-state index contributed by atoms with van der Waals surface area (Å²) in [5.74, 6) is 1.57. The van der Waals surface area contributed by atoms with Crippen LogP contribution in [0.3, 0.4) is 0 Å². The summed E-state index contributed by atoms with van der Waals surface area (Å²) in [7, 11) is -0.0377. The normalized spacial score (nSPS) is 18.5. The Balaban J connectivity index is 1.60. The lowest BCUT2D eigenvalue weighted by atomic mass is 10.1. The van der Waals surface area contributed by atoms with Crippen LogP contribution in [-0.2, 0) is 17.1 Å². The van der Waals surface area contributed by atoms with Gasteiger partial charge in [0.15, 0.2) is 5.65 Å². The molecule has 1 aliphatic heterocycles. The minimum atomic E-state index is -3.52. The van der Waals surface area contributed by atoms with Gasteiger partial charge >= 0.3 is 0 Å². The van der Waals surface area contributed by atoms with Crippen molar-refractivity contribution >= 4 is 21.2 Å². The zero-order chi connectivity index (χ0) is 18.3. The number of sulfonamides is 1. The molecule has 4 rings (SSSR count). The van der Waals surface area contributed by atoms with Crippen LogP contribution in [0.25, 0.3) is 11.2 Å². The second kappa shape index (κ2) is 6.37. The lowest BCUT2D eigenvalue weighted by molar-refractivity contribution is 0.414. The van der Waals surface area contributed by atoms with E-state index in [1.165, 1.54) is 4.31 Å². The molecule has 1 saturated heterocycles. The Morgan fingerprint density at radius 1 is 1.19 bits per heavy atom. The number of methoxy groups -OCH3 is 1. The third-order valence-corrected chi connectivity index (χ3v) is 6.76. The molecule has 3 aromatic rings. The maximum atomic E-state index is 12.9. The van der Waals surface area contributed by atoms with Crippen LogP contribution in [0.2, 0.25) is 0 Å². The molecule has 1 aromatic carbocycles. The molecule has 0 bridgehead atoms. The minimum absolute atomic E-state index is 0.0576. The summed E-state index contributed by atoms with van der Waals surface area (Å²) in [6.45, 7) is 0.904. The predicted octanol–water partition coefficient (Wildman–Crippen LogP) is 2.16. The van der Waals surface area contributed by atoms with Crippen molar-refractivity contribution in [3.05, 3.63) is 48.4 Å². The Morgan fingerprint density at radius 2 is 1.96 bits per heavy atom. The first-order valence-corrected chi connectivity index (χ1v) is 9.86. The Kier molecular flexibility index (Phi) is 4.16. The van der Waals surface area contributed by atoms with Crippen molar-refractivity contribution < 1.29 is 13.2 Å². The molecule has 0 N–H and O–H groups in total. The third-order valence-electron chi connectivity index (χ3n) is 4.88. The molecule has 0 spiro atoms. The van der Waals surface area contributed by atoms with E-state index in [0.717, 1.165) is 23.4 Å². The van der Waals surface area contributed by atoms with Gasteiger partial charge in [0.25, 0.3) is 0 Å². The van der Waals surface area contributed by atoms with Gasteiger partial charge < -0.3 is 9.30 Å². The van der Waals surface area contributed by atoms with Crippen molar-refractivity contribution in [1.82, 2.24) is 18.8 Å². The standard InChI is InChI=1S/C18H20N4O3S/c1-21-17(20-16-4-3-10-19-18(16)21)13-9-11-22(12-13)26(23,24)15-7-5-14(25-2)6-8-15/h3-8,10,13H,9,11-12H2,1-2H3/t13-/m0/s1. The average molecular weight is 372 g/mol. The molecule has 0 amide bonds. The van der Waals surface area contributed by atoms with E-state index >= 15 is 0 Å². The minimum Gasteiger partial charge on any atom is -0.497 e. The van der Waals surface area contributed by atoms with Crippen molar-refractivity contribution in [1.29, 1.82) is 0 Å². The third kappa shape index (κ3) is 2.75. The summed E-state index contributed by atoms with van der Waals surface area (Å²) in [6, 6.07) is 10.3. The molecule has 7 nitrogen and oxygen atoms in total. The van der Waals surface area contributed by atoms with Crippen molar-refractivity contribution in [3.8, 4) is 5.75 Å². The highest BCUT2D eigenvalue weighted by Gasteiger charge is 2.35. The van der Waals surface area contributed by atoms with Crippen LogP contribution in [-0.4, -0.2) is 47.5 Å². The highest BCUT2D eigenvalue weighted by molar-refractivity contribution is 7.89. The number of imidazole rings is 1. The van der Waals surface area contributed by atoms with E-state index < -0.39 is 10.0 Å². The number of aromatic nitrogens is 3. The molecule has 3 heterocycles. The van der Waals surface area contributed by atoms with Gasteiger partial charge in [0.2, 0.25) is 10.0 Å². The van der Waals surface area contributed by atoms with E-state index in [1.807, 2.05) is 23.7 Å². The van der Waals surface area contributed by atoms with Crippen molar-refractivity contribution in [2.45, 2.75) is 17.2 Å². The number of fused-ring (bicyclic) bond motifs is 1. The van der Waals surface area contributed by atoms with Crippen LogP contribution >= 0.6 is 0 Å². The quantitative estimate of drug-likeness (QED) is 0.701. The summed E-state index contributed by atoms with van der Waals surface area (Å²) >= 11 is 0. The molecule has 1 atom stereocenters. The molecule has 1 fully saturated rings. The van der Waals surface area contributed by atoms with Gasteiger partial charge in [-0.15, -0.1) is 0 Å². The summed E-state index contributed by atoms with van der Waals surface area (Å²) in [6.07, 6.45) is 2.48. The number of hydrogen-bond donors (Lipinski definition) is 0. The fourth-order valence-corrected chi connectivity index (χ4v) is 4.96. The second-order valence-electron chi connectivity index (χ2n) is 6.40. The van der Waals surface area contributed by atoms with E-state index in [-0.39, 0.29) is 10.8 Å². The van der Waals surface area contributed by atoms with E-state index in [4.69, 9.17) is 4.74 Å². The number of rotatable bonds is 4. The van der Waals surface area contributed by atoms with Crippen molar-refractivity contribution in [2.75, 3.05) is 20.2 Å². The molecule has 0 aliphatic carbocycles. The van der Waals surface area contributed by atoms with E-state index in [0.29, 0.717) is 18.8 Å². The highest BCUT2D eigenvalue weighted by Crippen LogP contribution is 2.32. The van der Waals surface area contributed by atoms with Crippen LogP contribution in [0, 0.1) is 0 Å². The molecule has 8 heteroatoms. The second-order valence-corrected chi connectivity index (χ2v) is 8.34. The van der Waals surface area contributed by atoms with Crippen LogP contribution in [0.4, 0.5) is 0 Å². The van der Waals surface area contributed by atoms with Gasteiger partial charge in [0.05, 0.1) is 12.0 Å². The average Bonchev–Trinajstić information content (AvgIpc) is 3.28. The van der Waals surface area contributed by atoms with Crippen molar-refractivity contribution in [3.63, 3.8) is 0 Å². The maximum absolute atomic E-state index is 12.9. The summed E-state index contributed by atoms with van der Waals surface area (Å²) in [4.78, 5) is 9.31. The molecular formula is C18H20N4O3S. The Bertz CT molecular complexity index is 1040. The first-order chi connectivity index (χ1) is 12.5. The van der Waals surface area contributed by atoms with Crippen LogP contribution < -0.4 is 4.74 Å². The summed E-state index contributed by atoms with van der Waals surface area (Å²) < 4.78 is 34.4. The number of benzene rings is 1. The first-order valence-electron chi connectivity index (χ1n) is 8.42. The number of ether oxygens (including phenoxy) is 1. The zero-order valence-corrected chi connectivity index (χ0v) is 15.5. The fourth-order valence-electron chi connectivity index (χ4n) is 3.46. The topological polar surface area (TPSA) is 77.3 Å². The Hall–Kier alpha value is -2.45. The van der Waals surface area contributed by atoms with Crippen LogP contribution in [0.5, 0.6) is 5.75 Å². The zero-order valence-electron chi connectivity index (χ0n) is 14.7. The number of pyridine rings is 1. The monoisotopic (exact) mass is 372 g/mol. The summed E-state index contributed by atoms with van der Waals surface area (Å²) in [5.41, 5.74) is 1.65. The van der Waals surface area contributed by atoms with Gasteiger partial charge in [-0.1, -0.05) is 0 Å². The van der Waals surface area contributed by atoms with E-state index in [2.05, 4.69) is 9.97 Å². The lowest BCUT2D eigenvalue weighted by Gasteiger charge is -2.17. The SMILES string of the molecule is COc1ccc(S(=O)(=O)N2CC[C@H](c3nc4cccnc4n3C)C2)cc1. The van der Waals surface area contributed by atoms with Crippen molar-refractivity contribution in [2.24, 2.45) is 7.05 Å². The van der Waals surface area contributed by atoms with Gasteiger partial charge in [-0.05, 0) is 42.8 Å². The van der Waals surface area contributed by atoms with E-state index in [1.54, 1.807) is 37.6 Å². The van der Waals surface area contributed by atoms with Gasteiger partial charge in [0, 0.05) is 32.3 Å². The smallest absolute Gasteiger partial charge is 0.243 e. The molecule has 0 saturated carbocycles. The van der Waals surface area contributed by atoms with E-state index in [9.17, 15) is 8.42 Å². The highest BCUT2D eigenvalue weighted by atomic mass is 32.2. The van der Waals surface area contributed by atoms with Crippen LogP contribution in [0.1, 0.15) is 18.2 Å². The first kappa shape index (κ1) is 17.0. The maximum Gasteiger partial charge on any atom is 0.243 e. The number of hydrogen-bond acceptors (Lipinski definition) is 5. The fraction of sp³-hybridized carbons (Fsp3) is 0.333. The molecular weight excluding hydrogens is 352 g/mol. The summed E-state index contributed by atoms with van der Waals surface area (Å²) in [5, 5.41) is 0. The molecule has 1 aliphatic rings. The predicted molar refractivity (Wildman–Crippen MR) is 97.6 cm³/mol. The van der Waals surface area contributed by atoms with Gasteiger partial charge in [-0.25, -0.2) is 18.4 Å². The molecule has 0 unspecified atom stereocenters. The molecule has 2 aromatic heterocycles. The van der Waals surface area contributed by atoms with Gasteiger partial charge in [-0.2, -0.15) is 4.31 Å². The molecule has 136 valence electrons. The number of aryl methyl sites for hydroxylation is 1. The lowest BCUT2D eigenvalue weighted by Crippen LogP contribution is -2.28. The molecule has 26 heavy (non-hydrogen) atoms. The van der Waals surface area contributed by atoms with Gasteiger partial charge in [0.1, 0.15) is 17.1 Å².